The molecule has 5 heteroatoms. The second kappa shape index (κ2) is 8.64. The highest BCUT2D eigenvalue weighted by Gasteiger charge is 2.28. The number of morpholine rings is 1. The van der Waals surface area contributed by atoms with Crippen LogP contribution in [0, 0.1) is 6.92 Å². The van der Waals surface area contributed by atoms with E-state index in [1.165, 1.54) is 11.1 Å². The van der Waals surface area contributed by atoms with Crippen LogP contribution in [0.2, 0.25) is 0 Å². The number of rotatable bonds is 6. The topological polar surface area (TPSA) is 68.5 Å². The quantitative estimate of drug-likeness (QED) is 0.806. The summed E-state index contributed by atoms with van der Waals surface area (Å²) in [5.41, 5.74) is 12.5. The molecule has 1 amide bonds. The van der Waals surface area contributed by atoms with Crippen LogP contribution in [-0.2, 0) is 24.1 Å². The van der Waals surface area contributed by atoms with Gasteiger partial charge in [-0.2, -0.15) is 0 Å². The van der Waals surface area contributed by atoms with E-state index in [-0.39, 0.29) is 5.60 Å². The summed E-state index contributed by atoms with van der Waals surface area (Å²) < 4.78 is 5.82. The number of carbonyl (C=O) groups excluding carboxylic acids is 1. The van der Waals surface area contributed by atoms with Crippen LogP contribution in [0.5, 0.6) is 0 Å². The number of nitrogens with zero attached hydrogens (tertiary/aromatic N) is 2. The standard InChI is InChI=1S/C24H33N3O2/c1-6-17-9-8-10-18(7-2)22(17)21-13-19(23(25)28)20(16(3)26-21)14-27-11-12-29-24(4,5)15-27/h8-10,13H,6-7,11-12,14-15H2,1-5H3,(H2,25,28). The van der Waals surface area contributed by atoms with Gasteiger partial charge in [-0.05, 0) is 50.8 Å². The minimum Gasteiger partial charge on any atom is -0.373 e. The molecular weight excluding hydrogens is 362 g/mol. The van der Waals surface area contributed by atoms with Crippen molar-refractivity contribution < 1.29 is 9.53 Å². The van der Waals surface area contributed by atoms with Crippen LogP contribution < -0.4 is 5.73 Å². The zero-order valence-electron chi connectivity index (χ0n) is 18.3. The Kier molecular flexibility index (Phi) is 6.39. The maximum absolute atomic E-state index is 12.4. The van der Waals surface area contributed by atoms with Crippen LogP contribution in [0.25, 0.3) is 11.3 Å². The van der Waals surface area contributed by atoms with Gasteiger partial charge in [0.15, 0.2) is 0 Å². The first-order valence-electron chi connectivity index (χ1n) is 10.5. The molecule has 0 aliphatic carbocycles. The van der Waals surface area contributed by atoms with E-state index in [1.54, 1.807) is 0 Å². The highest BCUT2D eigenvalue weighted by atomic mass is 16.5. The molecule has 1 aromatic carbocycles. The molecule has 1 aliphatic heterocycles. The fourth-order valence-electron chi connectivity index (χ4n) is 4.29. The molecular formula is C24H33N3O2. The number of aryl methyl sites for hydroxylation is 3. The number of aromatic nitrogens is 1. The van der Waals surface area contributed by atoms with Gasteiger partial charge >= 0.3 is 0 Å². The number of primary amides is 1. The van der Waals surface area contributed by atoms with Crippen molar-refractivity contribution in [1.82, 2.24) is 9.88 Å². The van der Waals surface area contributed by atoms with Crippen LogP contribution in [0.4, 0.5) is 0 Å². The van der Waals surface area contributed by atoms with Gasteiger partial charge in [-0.15, -0.1) is 0 Å². The Hall–Kier alpha value is -2.24. The van der Waals surface area contributed by atoms with Crippen molar-refractivity contribution in [3.8, 4) is 11.3 Å². The van der Waals surface area contributed by atoms with Crippen LogP contribution in [0.3, 0.4) is 0 Å². The van der Waals surface area contributed by atoms with Gasteiger partial charge in [0.1, 0.15) is 0 Å². The second-order valence-corrected chi connectivity index (χ2v) is 8.46. The lowest BCUT2D eigenvalue weighted by Crippen LogP contribution is -2.48. The summed E-state index contributed by atoms with van der Waals surface area (Å²) in [5, 5.41) is 0. The molecule has 1 fully saturated rings. The third-order valence-electron chi connectivity index (χ3n) is 5.74. The molecule has 1 aromatic heterocycles. The van der Waals surface area contributed by atoms with Crippen molar-refractivity contribution in [2.24, 2.45) is 5.73 Å². The first kappa shape index (κ1) is 21.5. The van der Waals surface area contributed by atoms with Gasteiger partial charge in [0, 0.05) is 42.0 Å². The normalized spacial score (nSPS) is 16.7. The first-order chi connectivity index (χ1) is 13.8. The summed E-state index contributed by atoms with van der Waals surface area (Å²) in [4.78, 5) is 19.6. The number of carbonyl (C=O) groups is 1. The summed E-state index contributed by atoms with van der Waals surface area (Å²) in [6.45, 7) is 13.5. The van der Waals surface area contributed by atoms with Gasteiger partial charge in [-0.25, -0.2) is 0 Å². The largest absolute Gasteiger partial charge is 0.373 e. The number of benzene rings is 1. The van der Waals surface area contributed by atoms with Gasteiger partial charge in [0.2, 0.25) is 5.91 Å². The zero-order chi connectivity index (χ0) is 21.2. The molecule has 0 atom stereocenters. The lowest BCUT2D eigenvalue weighted by molar-refractivity contribution is -0.0883. The molecule has 2 aromatic rings. The molecule has 0 saturated carbocycles. The average Bonchev–Trinajstić information content (AvgIpc) is 2.67. The fourth-order valence-corrected chi connectivity index (χ4v) is 4.29. The van der Waals surface area contributed by atoms with Crippen molar-refractivity contribution in [3.63, 3.8) is 0 Å². The third-order valence-corrected chi connectivity index (χ3v) is 5.74. The van der Waals surface area contributed by atoms with E-state index in [0.717, 1.165) is 48.4 Å². The predicted octanol–water partition coefficient (Wildman–Crippen LogP) is 3.89. The Labute approximate surface area is 174 Å². The molecule has 0 unspecified atom stereocenters. The summed E-state index contributed by atoms with van der Waals surface area (Å²) in [5.74, 6) is -0.397. The number of nitrogens with two attached hydrogens (primary N) is 1. The second-order valence-electron chi connectivity index (χ2n) is 8.46. The number of pyridine rings is 1. The van der Waals surface area contributed by atoms with Crippen LogP contribution in [0.15, 0.2) is 24.3 Å². The molecule has 2 heterocycles. The first-order valence-corrected chi connectivity index (χ1v) is 10.5. The van der Waals surface area contributed by atoms with Crippen molar-refractivity contribution in [2.75, 3.05) is 19.7 Å². The van der Waals surface area contributed by atoms with E-state index in [4.69, 9.17) is 15.5 Å². The van der Waals surface area contributed by atoms with E-state index in [0.29, 0.717) is 18.7 Å². The minimum absolute atomic E-state index is 0.192. The van der Waals surface area contributed by atoms with Gasteiger partial charge in [-0.1, -0.05) is 32.0 Å². The Balaban J connectivity index is 2.06. The SMILES string of the molecule is CCc1cccc(CC)c1-c1cc(C(N)=O)c(CN2CCOC(C)(C)C2)c(C)n1. The Bertz CT molecular complexity index is 883. The molecule has 29 heavy (non-hydrogen) atoms. The molecule has 156 valence electrons. The van der Waals surface area contributed by atoms with Crippen molar-refractivity contribution in [3.05, 3.63) is 52.2 Å². The monoisotopic (exact) mass is 395 g/mol. The molecule has 0 bridgehead atoms. The highest BCUT2D eigenvalue weighted by molar-refractivity contribution is 5.95. The molecule has 5 nitrogen and oxygen atoms in total. The maximum atomic E-state index is 12.4. The minimum atomic E-state index is -0.397. The summed E-state index contributed by atoms with van der Waals surface area (Å²) in [7, 11) is 0. The van der Waals surface area contributed by atoms with E-state index in [2.05, 4.69) is 50.8 Å². The van der Waals surface area contributed by atoms with Gasteiger partial charge in [-0.3, -0.25) is 14.7 Å². The molecule has 0 spiro atoms. The van der Waals surface area contributed by atoms with Gasteiger partial charge in [0.05, 0.1) is 17.9 Å². The third kappa shape index (κ3) is 4.68. The van der Waals surface area contributed by atoms with Crippen LogP contribution in [-0.4, -0.2) is 41.1 Å². The molecule has 0 radical (unpaired) electrons. The number of ether oxygens (including phenoxy) is 1. The Morgan fingerprint density at radius 3 is 2.45 bits per heavy atom. The Morgan fingerprint density at radius 1 is 1.24 bits per heavy atom. The van der Waals surface area contributed by atoms with Crippen molar-refractivity contribution >= 4 is 5.91 Å². The predicted molar refractivity (Wildman–Crippen MR) is 117 cm³/mol. The average molecular weight is 396 g/mol. The molecule has 1 aliphatic rings. The Morgan fingerprint density at radius 2 is 1.90 bits per heavy atom. The summed E-state index contributed by atoms with van der Waals surface area (Å²) in [6, 6.07) is 8.26. The number of hydrogen-bond donors (Lipinski definition) is 1. The number of amides is 1. The van der Waals surface area contributed by atoms with Crippen molar-refractivity contribution in [1.29, 1.82) is 0 Å². The summed E-state index contributed by atoms with van der Waals surface area (Å²) in [6.07, 6.45) is 1.83. The lowest BCUT2D eigenvalue weighted by atomic mass is 9.92. The number of hydrogen-bond acceptors (Lipinski definition) is 4. The zero-order valence-corrected chi connectivity index (χ0v) is 18.3. The summed E-state index contributed by atoms with van der Waals surface area (Å²) >= 11 is 0. The van der Waals surface area contributed by atoms with Crippen LogP contribution >= 0.6 is 0 Å². The van der Waals surface area contributed by atoms with Crippen LogP contribution in [0.1, 0.15) is 60.4 Å². The van der Waals surface area contributed by atoms with E-state index in [9.17, 15) is 4.79 Å². The lowest BCUT2D eigenvalue weighted by Gasteiger charge is -2.38. The highest BCUT2D eigenvalue weighted by Crippen LogP contribution is 2.31. The molecule has 3 rings (SSSR count). The van der Waals surface area contributed by atoms with Crippen molar-refractivity contribution in [2.45, 2.75) is 59.6 Å². The van der Waals surface area contributed by atoms with E-state index < -0.39 is 5.91 Å². The van der Waals surface area contributed by atoms with Gasteiger partial charge in [0.25, 0.3) is 0 Å². The van der Waals surface area contributed by atoms with Gasteiger partial charge < -0.3 is 10.5 Å². The molecule has 2 N–H and O–H groups in total. The van der Waals surface area contributed by atoms with E-state index >= 15 is 0 Å². The smallest absolute Gasteiger partial charge is 0.249 e. The fraction of sp³-hybridized carbons (Fsp3) is 0.500. The van der Waals surface area contributed by atoms with E-state index in [1.807, 2.05) is 13.0 Å². The maximum Gasteiger partial charge on any atom is 0.249 e. The molecule has 1 saturated heterocycles.